The summed E-state index contributed by atoms with van der Waals surface area (Å²) in [6, 6.07) is 18.8. The molecule has 2 N–H and O–H groups in total. The van der Waals surface area contributed by atoms with Gasteiger partial charge in [0.1, 0.15) is 0 Å². The maximum absolute atomic E-state index is 13.1. The minimum Gasteiger partial charge on any atom is -0.493 e. The summed E-state index contributed by atoms with van der Waals surface area (Å²) in [6.45, 7) is 1.93. The third kappa shape index (κ3) is 4.01. The Morgan fingerprint density at radius 2 is 1.79 bits per heavy atom. The Kier molecular flexibility index (Phi) is 5.73. The van der Waals surface area contributed by atoms with Gasteiger partial charge in [0, 0.05) is 17.3 Å². The number of ether oxygens (including phenoxy) is 2. The van der Waals surface area contributed by atoms with Crippen LogP contribution in [0.5, 0.6) is 11.5 Å². The van der Waals surface area contributed by atoms with Crippen molar-refractivity contribution >= 4 is 21.4 Å². The summed E-state index contributed by atoms with van der Waals surface area (Å²) < 4.78 is 39.9. The zero-order valence-corrected chi connectivity index (χ0v) is 20.2. The van der Waals surface area contributed by atoms with E-state index in [1.54, 1.807) is 32.4 Å². The number of aryl methyl sites for hydroxylation is 1. The van der Waals surface area contributed by atoms with E-state index in [0.29, 0.717) is 17.2 Å². The summed E-state index contributed by atoms with van der Waals surface area (Å²) in [5.41, 5.74) is 4.61. The lowest BCUT2D eigenvalue weighted by Crippen LogP contribution is -2.29. The predicted molar refractivity (Wildman–Crippen MR) is 134 cm³/mol. The van der Waals surface area contributed by atoms with Crippen molar-refractivity contribution in [3.05, 3.63) is 89.5 Å². The molecule has 1 aliphatic heterocycles. The number of hydrogen-bond donors (Lipinski definition) is 2. The molecule has 0 saturated heterocycles. The molecule has 0 unspecified atom stereocenters. The largest absolute Gasteiger partial charge is 0.493 e. The highest BCUT2D eigenvalue weighted by Crippen LogP contribution is 2.51. The average molecular weight is 477 g/mol. The topological polar surface area (TPSA) is 76.7 Å². The van der Waals surface area contributed by atoms with Crippen LogP contribution in [0.1, 0.15) is 35.1 Å². The van der Waals surface area contributed by atoms with Crippen molar-refractivity contribution in [2.45, 2.75) is 30.2 Å². The Balaban J connectivity index is 1.48. The number of rotatable bonds is 6. The van der Waals surface area contributed by atoms with Gasteiger partial charge in [0.2, 0.25) is 0 Å². The van der Waals surface area contributed by atoms with Crippen LogP contribution in [0.25, 0.3) is 0 Å². The molecule has 34 heavy (non-hydrogen) atoms. The first kappa shape index (κ1) is 22.3. The molecule has 0 bridgehead atoms. The van der Waals surface area contributed by atoms with E-state index in [1.165, 1.54) is 0 Å². The lowest BCUT2D eigenvalue weighted by Gasteiger charge is -2.38. The Morgan fingerprint density at radius 1 is 0.971 bits per heavy atom. The second-order valence-corrected chi connectivity index (χ2v) is 10.5. The van der Waals surface area contributed by atoms with Crippen molar-refractivity contribution < 1.29 is 17.9 Å². The maximum Gasteiger partial charge on any atom is 0.261 e. The minimum atomic E-state index is -3.71. The first-order valence-electron chi connectivity index (χ1n) is 11.3. The number of sulfonamides is 1. The van der Waals surface area contributed by atoms with Gasteiger partial charge in [-0.05, 0) is 78.4 Å². The molecule has 1 aliphatic carbocycles. The maximum atomic E-state index is 13.1. The van der Waals surface area contributed by atoms with Crippen LogP contribution in [-0.4, -0.2) is 22.6 Å². The molecule has 176 valence electrons. The predicted octanol–water partition coefficient (Wildman–Crippen LogP) is 5.64. The summed E-state index contributed by atoms with van der Waals surface area (Å²) in [5, 5.41) is 3.66. The fourth-order valence-electron chi connectivity index (χ4n) is 5.04. The van der Waals surface area contributed by atoms with Crippen molar-refractivity contribution in [1.82, 2.24) is 0 Å². The standard InChI is InChI=1S/C27H28N2O4S/c1-17-6-4-7-19(14-17)29-34(30,31)20-11-12-24-23(16-20)21-8-5-9-22(21)27(28-24)18-10-13-25(32-2)26(15-18)33-3/h4-8,10-16,21-22,27-29H,9H2,1-3H3/t21-,22+,27+/m0/s1. The van der Waals surface area contributed by atoms with E-state index >= 15 is 0 Å². The van der Waals surface area contributed by atoms with Crippen LogP contribution < -0.4 is 19.5 Å². The van der Waals surface area contributed by atoms with E-state index in [2.05, 4.69) is 28.3 Å². The summed E-state index contributed by atoms with van der Waals surface area (Å²) in [4.78, 5) is 0.262. The van der Waals surface area contributed by atoms with Crippen LogP contribution in [0.2, 0.25) is 0 Å². The lowest BCUT2D eigenvalue weighted by molar-refractivity contribution is 0.353. The van der Waals surface area contributed by atoms with Gasteiger partial charge in [-0.25, -0.2) is 8.42 Å². The van der Waals surface area contributed by atoms with Gasteiger partial charge in [0.15, 0.2) is 11.5 Å². The first-order chi connectivity index (χ1) is 16.4. The molecule has 0 spiro atoms. The number of hydrogen-bond acceptors (Lipinski definition) is 5. The van der Waals surface area contributed by atoms with Crippen molar-refractivity contribution in [3.63, 3.8) is 0 Å². The fraction of sp³-hybridized carbons (Fsp3) is 0.259. The number of fused-ring (bicyclic) bond motifs is 3. The molecule has 3 aromatic carbocycles. The smallest absolute Gasteiger partial charge is 0.261 e. The molecular formula is C27H28N2O4S. The second-order valence-electron chi connectivity index (χ2n) is 8.81. The van der Waals surface area contributed by atoms with Crippen LogP contribution in [0, 0.1) is 12.8 Å². The first-order valence-corrected chi connectivity index (χ1v) is 12.8. The van der Waals surface area contributed by atoms with E-state index in [-0.39, 0.29) is 22.8 Å². The second kappa shape index (κ2) is 8.72. The molecule has 0 amide bonds. The molecule has 6 nitrogen and oxygen atoms in total. The van der Waals surface area contributed by atoms with Gasteiger partial charge in [-0.3, -0.25) is 4.72 Å². The summed E-state index contributed by atoms with van der Waals surface area (Å²) >= 11 is 0. The molecule has 0 aromatic heterocycles. The molecule has 1 heterocycles. The molecule has 2 aliphatic rings. The summed E-state index contributed by atoms with van der Waals surface area (Å²) in [6.07, 6.45) is 5.29. The third-order valence-electron chi connectivity index (χ3n) is 6.68. The van der Waals surface area contributed by atoms with E-state index in [4.69, 9.17) is 9.47 Å². The Hall–Kier alpha value is -3.45. The number of nitrogens with one attached hydrogen (secondary N) is 2. The Labute approximate surface area is 200 Å². The number of methoxy groups -OCH3 is 2. The fourth-order valence-corrected chi connectivity index (χ4v) is 6.12. The highest BCUT2D eigenvalue weighted by atomic mass is 32.2. The van der Waals surface area contributed by atoms with Gasteiger partial charge < -0.3 is 14.8 Å². The molecule has 5 rings (SSSR count). The van der Waals surface area contributed by atoms with Crippen LogP contribution in [0.15, 0.2) is 77.7 Å². The van der Waals surface area contributed by atoms with Gasteiger partial charge in [0.25, 0.3) is 10.0 Å². The van der Waals surface area contributed by atoms with Gasteiger partial charge in [-0.2, -0.15) is 0 Å². The SMILES string of the molecule is COc1ccc([C@H]2Nc3ccc(S(=O)(=O)Nc4cccc(C)c4)cc3[C@H]3C=CC[C@H]32)cc1OC. The van der Waals surface area contributed by atoms with Gasteiger partial charge in [-0.15, -0.1) is 0 Å². The lowest BCUT2D eigenvalue weighted by atomic mass is 9.77. The molecule has 0 saturated carbocycles. The Morgan fingerprint density at radius 3 is 2.56 bits per heavy atom. The van der Waals surface area contributed by atoms with E-state index < -0.39 is 10.0 Å². The molecule has 3 atom stereocenters. The van der Waals surface area contributed by atoms with Crippen LogP contribution in [0.3, 0.4) is 0 Å². The van der Waals surface area contributed by atoms with E-state index in [0.717, 1.165) is 28.8 Å². The van der Waals surface area contributed by atoms with Crippen molar-refractivity contribution in [2.24, 2.45) is 5.92 Å². The summed E-state index contributed by atoms with van der Waals surface area (Å²) in [5.74, 6) is 1.79. The minimum absolute atomic E-state index is 0.0696. The monoisotopic (exact) mass is 476 g/mol. The van der Waals surface area contributed by atoms with Crippen LogP contribution in [-0.2, 0) is 10.0 Å². The van der Waals surface area contributed by atoms with Crippen molar-refractivity contribution in [2.75, 3.05) is 24.3 Å². The molecule has 0 radical (unpaired) electrons. The number of anilines is 2. The third-order valence-corrected chi connectivity index (χ3v) is 8.06. The van der Waals surface area contributed by atoms with E-state index in [1.807, 2.05) is 43.3 Å². The summed E-state index contributed by atoms with van der Waals surface area (Å²) in [7, 11) is -0.442. The van der Waals surface area contributed by atoms with E-state index in [9.17, 15) is 8.42 Å². The zero-order valence-electron chi connectivity index (χ0n) is 19.4. The van der Waals surface area contributed by atoms with Crippen molar-refractivity contribution in [3.8, 4) is 11.5 Å². The normalized spacial score (nSPS) is 20.7. The van der Waals surface area contributed by atoms with Crippen LogP contribution >= 0.6 is 0 Å². The highest BCUT2D eigenvalue weighted by molar-refractivity contribution is 7.92. The van der Waals surface area contributed by atoms with Crippen LogP contribution in [0.4, 0.5) is 11.4 Å². The quantitative estimate of drug-likeness (QED) is 0.450. The number of allylic oxidation sites excluding steroid dienone is 2. The molecule has 0 fully saturated rings. The van der Waals surface area contributed by atoms with Gasteiger partial charge >= 0.3 is 0 Å². The van der Waals surface area contributed by atoms with Gasteiger partial charge in [0.05, 0.1) is 25.2 Å². The van der Waals surface area contributed by atoms with Gasteiger partial charge in [-0.1, -0.05) is 30.4 Å². The number of benzene rings is 3. The highest BCUT2D eigenvalue weighted by Gasteiger charge is 2.38. The zero-order chi connectivity index (χ0) is 23.9. The molecule has 3 aromatic rings. The van der Waals surface area contributed by atoms with Crippen molar-refractivity contribution in [1.29, 1.82) is 0 Å². The molecule has 7 heteroatoms. The Bertz CT molecular complexity index is 1370. The average Bonchev–Trinajstić information content (AvgIpc) is 3.33. The molecular weight excluding hydrogens is 448 g/mol.